The lowest BCUT2D eigenvalue weighted by Crippen LogP contribution is -2.03. The highest BCUT2D eigenvalue weighted by Gasteiger charge is 1.93. The Labute approximate surface area is 115 Å². The maximum Gasteiger partial charge on any atom is 0.317 e. The second-order valence-electron chi connectivity index (χ2n) is 2.62. The first-order chi connectivity index (χ1) is 8.13. The topological polar surface area (TPSA) is 77.5 Å². The van der Waals surface area contributed by atoms with Gasteiger partial charge in [-0.05, 0) is 0 Å². The Morgan fingerprint density at radius 2 is 1.00 bits per heavy atom. The van der Waals surface area contributed by atoms with Crippen LogP contribution in [0, 0.1) is 0 Å². The third-order valence-electron chi connectivity index (χ3n) is 0.954. The van der Waals surface area contributed by atoms with Gasteiger partial charge < -0.3 is 4.74 Å². The Kier molecular flexibility index (Phi) is 11.8. The van der Waals surface area contributed by atoms with Crippen LogP contribution in [0.15, 0.2) is 36.4 Å². The van der Waals surface area contributed by atoms with E-state index in [9.17, 15) is 9.59 Å². The van der Waals surface area contributed by atoms with Gasteiger partial charge in [0.15, 0.2) is 0 Å². The van der Waals surface area contributed by atoms with Crippen molar-refractivity contribution in [3.63, 3.8) is 0 Å². The fourth-order valence-electron chi connectivity index (χ4n) is 0.587. The Bertz CT molecular complexity index is 398. The van der Waals surface area contributed by atoms with Crippen LogP contribution in [-0.4, -0.2) is 20.4 Å². The van der Waals surface area contributed by atoms with Crippen LogP contribution in [0.3, 0.4) is 0 Å². The molecular formula is C10H12Cl2O5S. The maximum atomic E-state index is 9.81. The first kappa shape index (κ1) is 19.2. The van der Waals surface area contributed by atoms with Crippen molar-refractivity contribution in [2.24, 2.45) is 0 Å². The van der Waals surface area contributed by atoms with Crippen LogP contribution in [-0.2, 0) is 22.6 Å². The minimum Gasteiger partial charge on any atom is -0.394 e. The molecule has 0 aliphatic carbocycles. The zero-order valence-electron chi connectivity index (χ0n) is 9.67. The summed E-state index contributed by atoms with van der Waals surface area (Å²) in [5.74, 6) is -1.12. The van der Waals surface area contributed by atoms with Crippen LogP contribution in [0.1, 0.15) is 13.8 Å². The Balaban J connectivity index is 0. The normalized spacial score (nSPS) is 8.89. The van der Waals surface area contributed by atoms with Gasteiger partial charge in [0.25, 0.3) is 0 Å². The quantitative estimate of drug-likeness (QED) is 0.417. The van der Waals surface area contributed by atoms with E-state index in [2.05, 4.69) is 26.1 Å². The zero-order chi connectivity index (χ0) is 14.6. The molecule has 1 rings (SSSR count). The Morgan fingerprint density at radius 3 is 1.06 bits per heavy atom. The van der Waals surface area contributed by atoms with Gasteiger partial charge >= 0.3 is 20.2 Å². The van der Waals surface area contributed by atoms with Crippen molar-refractivity contribution in [2.45, 2.75) is 13.8 Å². The molecule has 5 nitrogen and oxygen atoms in total. The van der Waals surface area contributed by atoms with Gasteiger partial charge in [-0.1, -0.05) is 36.4 Å². The average molecular weight is 315 g/mol. The van der Waals surface area contributed by atoms with Crippen LogP contribution >= 0.6 is 21.4 Å². The summed E-state index contributed by atoms with van der Waals surface area (Å²) in [6.07, 6.45) is 0. The fourth-order valence-corrected chi connectivity index (χ4v) is 0.587. The minimum atomic E-state index is -3.72. The second-order valence-corrected chi connectivity index (χ2v) is 6.29. The molecule has 0 N–H and O–H groups in total. The van der Waals surface area contributed by atoms with Crippen LogP contribution in [0.2, 0.25) is 0 Å². The van der Waals surface area contributed by atoms with Crippen molar-refractivity contribution in [1.82, 2.24) is 0 Å². The molecule has 0 atom stereocenters. The lowest BCUT2D eigenvalue weighted by atomic mass is 10.4. The highest BCUT2D eigenvalue weighted by molar-refractivity contribution is 8.31. The predicted octanol–water partition coefficient (Wildman–Crippen LogP) is 2.49. The van der Waals surface area contributed by atoms with Crippen LogP contribution < -0.4 is 0 Å². The molecule has 0 saturated heterocycles. The van der Waals surface area contributed by atoms with Crippen molar-refractivity contribution in [2.75, 3.05) is 0 Å². The number of ether oxygens (including phenoxy) is 1. The SMILES string of the molecule is CC(=O)OC(C)=O.O=S(=O)(Cl)Cl.c1ccccc1. The summed E-state index contributed by atoms with van der Waals surface area (Å²) in [5.41, 5.74) is 0. The Morgan fingerprint density at radius 1 is 0.833 bits per heavy atom. The van der Waals surface area contributed by atoms with E-state index in [0.29, 0.717) is 0 Å². The first-order valence-electron chi connectivity index (χ1n) is 4.46. The molecule has 1 aromatic rings. The predicted molar refractivity (Wildman–Crippen MR) is 69.5 cm³/mol. The van der Waals surface area contributed by atoms with E-state index in [1.807, 2.05) is 36.4 Å². The van der Waals surface area contributed by atoms with Crippen molar-refractivity contribution < 1.29 is 22.7 Å². The number of benzene rings is 1. The molecule has 1 aromatic carbocycles. The average Bonchev–Trinajstić information content (AvgIpc) is 2.16. The third-order valence-corrected chi connectivity index (χ3v) is 0.954. The Hall–Kier alpha value is -1.11. The highest BCUT2D eigenvalue weighted by atomic mass is 36.0. The maximum absolute atomic E-state index is 9.81. The number of hydrogen-bond donors (Lipinski definition) is 0. The molecule has 0 bridgehead atoms. The van der Waals surface area contributed by atoms with Crippen molar-refractivity contribution in [3.05, 3.63) is 36.4 Å². The van der Waals surface area contributed by atoms with E-state index in [4.69, 9.17) is 8.42 Å². The summed E-state index contributed by atoms with van der Waals surface area (Å²) < 4.78 is 22.3. The van der Waals surface area contributed by atoms with E-state index in [0.717, 1.165) is 0 Å². The van der Waals surface area contributed by atoms with Gasteiger partial charge in [0.05, 0.1) is 0 Å². The smallest absolute Gasteiger partial charge is 0.317 e. The van der Waals surface area contributed by atoms with Crippen LogP contribution in [0.4, 0.5) is 0 Å². The molecular weight excluding hydrogens is 303 g/mol. The lowest BCUT2D eigenvalue weighted by molar-refractivity contribution is -0.156. The van der Waals surface area contributed by atoms with Gasteiger partial charge in [0, 0.05) is 35.2 Å². The van der Waals surface area contributed by atoms with E-state index >= 15 is 0 Å². The van der Waals surface area contributed by atoms with E-state index in [-0.39, 0.29) is 0 Å². The third kappa shape index (κ3) is 36.3. The fraction of sp³-hybridized carbons (Fsp3) is 0.200. The number of halogens is 2. The number of hydrogen-bond acceptors (Lipinski definition) is 5. The van der Waals surface area contributed by atoms with Gasteiger partial charge in [-0.15, -0.1) is 0 Å². The van der Waals surface area contributed by atoms with E-state index < -0.39 is 20.2 Å². The minimum absolute atomic E-state index is 0.562. The molecule has 18 heavy (non-hydrogen) atoms. The number of esters is 2. The molecule has 0 amide bonds. The number of carbonyl (C=O) groups is 2. The molecule has 0 radical (unpaired) electrons. The summed E-state index contributed by atoms with van der Waals surface area (Å²) in [4.78, 5) is 19.6. The molecule has 102 valence electrons. The molecule has 8 heteroatoms. The van der Waals surface area contributed by atoms with E-state index in [1.54, 1.807) is 0 Å². The van der Waals surface area contributed by atoms with E-state index in [1.165, 1.54) is 13.8 Å². The summed E-state index contributed by atoms with van der Waals surface area (Å²) >= 11 is 0. The van der Waals surface area contributed by atoms with Crippen molar-refractivity contribution in [1.29, 1.82) is 0 Å². The molecule has 0 aliphatic rings. The van der Waals surface area contributed by atoms with Crippen molar-refractivity contribution in [3.8, 4) is 0 Å². The van der Waals surface area contributed by atoms with Gasteiger partial charge in [0.1, 0.15) is 0 Å². The highest BCUT2D eigenvalue weighted by Crippen LogP contribution is 1.98. The van der Waals surface area contributed by atoms with Crippen LogP contribution in [0.5, 0.6) is 0 Å². The monoisotopic (exact) mass is 314 g/mol. The lowest BCUT2D eigenvalue weighted by Gasteiger charge is -1.87. The summed E-state index contributed by atoms with van der Waals surface area (Å²) in [5, 5.41) is 0. The molecule has 0 saturated carbocycles. The summed E-state index contributed by atoms with van der Waals surface area (Å²) in [6.45, 7) is 2.36. The van der Waals surface area contributed by atoms with Crippen LogP contribution in [0.25, 0.3) is 0 Å². The molecule has 0 aromatic heterocycles. The van der Waals surface area contributed by atoms with Gasteiger partial charge in [-0.2, -0.15) is 8.42 Å². The molecule has 0 fully saturated rings. The second kappa shape index (κ2) is 11.0. The number of rotatable bonds is 0. The zero-order valence-corrected chi connectivity index (χ0v) is 12.0. The largest absolute Gasteiger partial charge is 0.394 e. The summed E-state index contributed by atoms with van der Waals surface area (Å²) in [7, 11) is 4.81. The molecule has 0 unspecified atom stereocenters. The summed E-state index contributed by atoms with van der Waals surface area (Å²) in [6, 6.07) is 12.0. The van der Waals surface area contributed by atoms with Gasteiger partial charge in [-0.3, -0.25) is 9.59 Å². The number of carbonyl (C=O) groups excluding carboxylic acids is 2. The van der Waals surface area contributed by atoms with Gasteiger partial charge in [-0.25, -0.2) is 0 Å². The van der Waals surface area contributed by atoms with Crippen molar-refractivity contribution >= 4 is 41.6 Å². The molecule has 0 spiro atoms. The first-order valence-corrected chi connectivity index (χ1v) is 7.59. The van der Waals surface area contributed by atoms with Gasteiger partial charge in [0.2, 0.25) is 0 Å². The molecule has 0 aliphatic heterocycles. The molecule has 0 heterocycles. The standard InChI is InChI=1S/C6H6.C4H6O3.Cl2O2S/c1-2-4-6-5-3-1;1-3(5)7-4(2)6;1-5(2,3)4/h1-6H;1-2H3;.